The van der Waals surface area contributed by atoms with Crippen molar-refractivity contribution in [3.63, 3.8) is 0 Å². The van der Waals surface area contributed by atoms with Gasteiger partial charge in [0, 0.05) is 13.1 Å². The van der Waals surface area contributed by atoms with Gasteiger partial charge < -0.3 is 10.2 Å². The monoisotopic (exact) mass is 434 g/mol. The van der Waals surface area contributed by atoms with Crippen molar-refractivity contribution in [3.8, 4) is 11.1 Å². The van der Waals surface area contributed by atoms with Crippen LogP contribution in [-0.2, 0) is 11.2 Å². The van der Waals surface area contributed by atoms with Gasteiger partial charge in [-0.05, 0) is 64.4 Å². The summed E-state index contributed by atoms with van der Waals surface area (Å²) >= 11 is 1.69. The van der Waals surface area contributed by atoms with Gasteiger partial charge in [-0.25, -0.2) is 0 Å². The molecule has 0 radical (unpaired) electrons. The molecule has 2 aromatic carbocycles. The maximum absolute atomic E-state index is 13.0. The molecule has 3 aromatic rings. The summed E-state index contributed by atoms with van der Waals surface area (Å²) in [5.41, 5.74) is 6.53. The second-order valence-electron chi connectivity index (χ2n) is 9.15. The van der Waals surface area contributed by atoms with Gasteiger partial charge >= 0.3 is 0 Å². The Morgan fingerprint density at radius 3 is 2.19 bits per heavy atom. The summed E-state index contributed by atoms with van der Waals surface area (Å²) in [4.78, 5) is 15.4. The third kappa shape index (κ3) is 6.70. The van der Waals surface area contributed by atoms with Gasteiger partial charge in [-0.2, -0.15) is 11.3 Å². The normalized spacial score (nSPS) is 11.2. The van der Waals surface area contributed by atoms with E-state index in [1.54, 1.807) is 11.3 Å². The molecule has 1 N–H and O–H groups in total. The number of hydrogen-bond acceptors (Lipinski definition) is 3. The van der Waals surface area contributed by atoms with Crippen LogP contribution in [0.4, 0.5) is 11.4 Å². The van der Waals surface area contributed by atoms with E-state index < -0.39 is 0 Å². The average molecular weight is 435 g/mol. The zero-order valence-electron chi connectivity index (χ0n) is 19.3. The van der Waals surface area contributed by atoms with Gasteiger partial charge in [-0.3, -0.25) is 4.79 Å². The van der Waals surface area contributed by atoms with Gasteiger partial charge in [0.2, 0.25) is 5.91 Å². The van der Waals surface area contributed by atoms with E-state index in [1.165, 1.54) is 11.1 Å². The molecule has 1 heterocycles. The van der Waals surface area contributed by atoms with Crippen molar-refractivity contribution in [2.24, 2.45) is 11.8 Å². The van der Waals surface area contributed by atoms with Gasteiger partial charge in [-0.1, -0.05) is 63.6 Å². The maximum atomic E-state index is 13.0. The number of aryl methyl sites for hydroxylation is 1. The fourth-order valence-electron chi connectivity index (χ4n) is 3.76. The lowest BCUT2D eigenvalue weighted by molar-refractivity contribution is -0.115. The molecule has 0 saturated carbocycles. The van der Waals surface area contributed by atoms with Crippen LogP contribution < -0.4 is 10.2 Å². The largest absolute Gasteiger partial charge is 0.369 e. The SMILES string of the molecule is Cc1ccc(CC(=O)Nc2cc(-c3ccsc3)ccc2N(CC(C)C)CC(C)C)cc1. The Balaban J connectivity index is 1.92. The van der Waals surface area contributed by atoms with Gasteiger partial charge in [-0.15, -0.1) is 0 Å². The predicted molar refractivity (Wildman–Crippen MR) is 135 cm³/mol. The molecular weight excluding hydrogens is 400 g/mol. The van der Waals surface area contributed by atoms with Crippen LogP contribution in [0.15, 0.2) is 59.3 Å². The molecule has 0 saturated heterocycles. The van der Waals surface area contributed by atoms with Crippen LogP contribution in [0.1, 0.15) is 38.8 Å². The zero-order valence-corrected chi connectivity index (χ0v) is 20.1. The lowest BCUT2D eigenvalue weighted by Crippen LogP contribution is -2.32. The van der Waals surface area contributed by atoms with Crippen molar-refractivity contribution in [3.05, 3.63) is 70.4 Å². The minimum atomic E-state index is 0.0154. The first-order valence-electron chi connectivity index (χ1n) is 11.1. The molecule has 0 bridgehead atoms. The highest BCUT2D eigenvalue weighted by Crippen LogP contribution is 2.33. The molecule has 1 amide bonds. The number of nitrogens with one attached hydrogen (secondary N) is 1. The summed E-state index contributed by atoms with van der Waals surface area (Å²) in [5.74, 6) is 1.08. The van der Waals surface area contributed by atoms with E-state index in [0.717, 1.165) is 35.6 Å². The molecular formula is C27H34N2OS. The third-order valence-corrected chi connectivity index (χ3v) is 5.81. The highest BCUT2D eigenvalue weighted by molar-refractivity contribution is 7.08. The smallest absolute Gasteiger partial charge is 0.228 e. The predicted octanol–water partition coefficient (Wildman–Crippen LogP) is 7.02. The first kappa shape index (κ1) is 23.1. The van der Waals surface area contributed by atoms with E-state index in [0.29, 0.717) is 18.3 Å². The number of carbonyl (C=O) groups is 1. The van der Waals surface area contributed by atoms with Gasteiger partial charge in [0.1, 0.15) is 0 Å². The zero-order chi connectivity index (χ0) is 22.4. The number of nitrogens with zero attached hydrogens (tertiary/aromatic N) is 1. The second-order valence-corrected chi connectivity index (χ2v) is 9.93. The van der Waals surface area contributed by atoms with E-state index in [9.17, 15) is 4.79 Å². The van der Waals surface area contributed by atoms with Crippen molar-refractivity contribution in [1.82, 2.24) is 0 Å². The fraction of sp³-hybridized carbons (Fsp3) is 0.370. The molecule has 3 rings (SSSR count). The summed E-state index contributed by atoms with van der Waals surface area (Å²) in [6, 6.07) is 16.7. The number of rotatable bonds is 9. The third-order valence-electron chi connectivity index (χ3n) is 5.12. The van der Waals surface area contributed by atoms with Crippen LogP contribution >= 0.6 is 11.3 Å². The number of amides is 1. The molecule has 0 atom stereocenters. The van der Waals surface area contributed by atoms with Crippen molar-refractivity contribution in [1.29, 1.82) is 0 Å². The van der Waals surface area contributed by atoms with Gasteiger partial charge in [0.25, 0.3) is 0 Å². The van der Waals surface area contributed by atoms with E-state index >= 15 is 0 Å². The van der Waals surface area contributed by atoms with Crippen LogP contribution in [0, 0.1) is 18.8 Å². The van der Waals surface area contributed by atoms with Crippen LogP contribution in [0.3, 0.4) is 0 Å². The van der Waals surface area contributed by atoms with Crippen LogP contribution in [0.25, 0.3) is 11.1 Å². The van der Waals surface area contributed by atoms with E-state index in [4.69, 9.17) is 0 Å². The summed E-state index contributed by atoms with van der Waals surface area (Å²) in [6.45, 7) is 12.9. The Kier molecular flexibility index (Phi) is 7.91. The van der Waals surface area contributed by atoms with Crippen molar-refractivity contribution in [2.75, 3.05) is 23.3 Å². The standard InChI is InChI=1S/C27H34N2OS/c1-19(2)16-29(17-20(3)4)26-11-10-23(24-12-13-31-18-24)15-25(26)28-27(30)14-22-8-6-21(5)7-9-22/h6-13,15,18-20H,14,16-17H2,1-5H3,(H,28,30). The Bertz CT molecular complexity index is 965. The minimum absolute atomic E-state index is 0.0154. The molecule has 3 nitrogen and oxygen atoms in total. The first-order valence-corrected chi connectivity index (χ1v) is 12.0. The van der Waals surface area contributed by atoms with Crippen LogP contribution in [0.5, 0.6) is 0 Å². The number of carbonyl (C=O) groups excluding carboxylic acids is 1. The molecule has 4 heteroatoms. The lowest BCUT2D eigenvalue weighted by atomic mass is 10.0. The molecule has 0 aliphatic carbocycles. The highest BCUT2D eigenvalue weighted by atomic mass is 32.1. The second kappa shape index (κ2) is 10.6. The van der Waals surface area contributed by atoms with E-state index in [2.05, 4.69) is 92.0 Å². The molecule has 0 aliphatic rings. The Morgan fingerprint density at radius 1 is 0.935 bits per heavy atom. The number of thiophene rings is 1. The number of benzene rings is 2. The summed E-state index contributed by atoms with van der Waals surface area (Å²) in [7, 11) is 0. The Morgan fingerprint density at radius 2 is 1.61 bits per heavy atom. The fourth-order valence-corrected chi connectivity index (χ4v) is 4.42. The quantitative estimate of drug-likeness (QED) is 0.392. The van der Waals surface area contributed by atoms with E-state index in [1.807, 2.05) is 12.1 Å². The van der Waals surface area contributed by atoms with E-state index in [-0.39, 0.29) is 5.91 Å². The van der Waals surface area contributed by atoms with Crippen molar-refractivity contribution in [2.45, 2.75) is 41.0 Å². The Labute approximate surface area is 191 Å². The minimum Gasteiger partial charge on any atom is -0.369 e. The topological polar surface area (TPSA) is 32.3 Å². The summed E-state index contributed by atoms with van der Waals surface area (Å²) < 4.78 is 0. The van der Waals surface area contributed by atoms with Gasteiger partial charge in [0.15, 0.2) is 0 Å². The summed E-state index contributed by atoms with van der Waals surface area (Å²) in [6.07, 6.45) is 0.372. The maximum Gasteiger partial charge on any atom is 0.228 e. The molecule has 164 valence electrons. The highest BCUT2D eigenvalue weighted by Gasteiger charge is 2.17. The first-order chi connectivity index (χ1) is 14.8. The number of hydrogen-bond donors (Lipinski definition) is 1. The van der Waals surface area contributed by atoms with Crippen LogP contribution in [0.2, 0.25) is 0 Å². The molecule has 1 aromatic heterocycles. The molecule has 0 spiro atoms. The molecule has 0 aliphatic heterocycles. The number of anilines is 2. The summed E-state index contributed by atoms with van der Waals surface area (Å²) in [5, 5.41) is 7.46. The molecule has 0 unspecified atom stereocenters. The molecule has 31 heavy (non-hydrogen) atoms. The van der Waals surface area contributed by atoms with Crippen molar-refractivity contribution < 1.29 is 4.79 Å². The molecule has 0 fully saturated rings. The lowest BCUT2D eigenvalue weighted by Gasteiger charge is -2.30. The Hall–Kier alpha value is -2.59. The van der Waals surface area contributed by atoms with Crippen LogP contribution in [-0.4, -0.2) is 19.0 Å². The van der Waals surface area contributed by atoms with Crippen molar-refractivity contribution >= 4 is 28.6 Å². The van der Waals surface area contributed by atoms with Gasteiger partial charge in [0.05, 0.1) is 17.8 Å². The average Bonchev–Trinajstić information content (AvgIpc) is 3.23.